The van der Waals surface area contributed by atoms with E-state index < -0.39 is 5.92 Å². The first-order valence-corrected chi connectivity index (χ1v) is 9.92. The zero-order valence-corrected chi connectivity index (χ0v) is 16.6. The number of carbonyl (C=O) groups excluding carboxylic acids is 2. The van der Waals surface area contributed by atoms with E-state index in [2.05, 4.69) is 5.32 Å². The Morgan fingerprint density at radius 2 is 1.79 bits per heavy atom. The first-order chi connectivity index (χ1) is 13.4. The molecule has 28 heavy (non-hydrogen) atoms. The Morgan fingerprint density at radius 3 is 2.25 bits per heavy atom. The molecule has 144 valence electrons. The number of amides is 1. The van der Waals surface area contributed by atoms with E-state index in [1.54, 1.807) is 0 Å². The second kappa shape index (κ2) is 7.98. The number of Topliss-reactive ketones (excluding diaryl/α,β-unsaturated/α-hetero) is 1. The van der Waals surface area contributed by atoms with Crippen LogP contribution in [-0.2, 0) is 4.79 Å². The van der Waals surface area contributed by atoms with Crippen LogP contribution in [0.1, 0.15) is 67.9 Å². The van der Waals surface area contributed by atoms with Crippen molar-refractivity contribution in [2.45, 2.75) is 52.5 Å². The molecule has 1 heterocycles. The van der Waals surface area contributed by atoms with Crippen molar-refractivity contribution in [2.24, 2.45) is 17.8 Å². The number of nitriles is 2. The molecule has 0 aromatic heterocycles. The minimum Gasteiger partial charge on any atom is -0.349 e. The van der Waals surface area contributed by atoms with Crippen LogP contribution in [0.4, 0.5) is 0 Å². The van der Waals surface area contributed by atoms with Gasteiger partial charge in [0.15, 0.2) is 5.78 Å². The van der Waals surface area contributed by atoms with Gasteiger partial charge in [0.05, 0.1) is 35.2 Å². The van der Waals surface area contributed by atoms with Crippen molar-refractivity contribution in [3.8, 4) is 12.1 Å². The lowest BCUT2D eigenvalue weighted by molar-refractivity contribution is -0.126. The Kier molecular flexibility index (Phi) is 5.66. The minimum atomic E-state index is -0.514. The van der Waals surface area contributed by atoms with Crippen molar-refractivity contribution in [1.29, 1.82) is 10.5 Å². The molecule has 2 atom stereocenters. The van der Waals surface area contributed by atoms with Gasteiger partial charge in [-0.3, -0.25) is 9.59 Å². The third-order valence-corrected chi connectivity index (χ3v) is 5.65. The molecule has 1 N–H and O–H groups in total. The largest absolute Gasteiger partial charge is 0.349 e. The minimum absolute atomic E-state index is 0.0273. The maximum atomic E-state index is 13.6. The van der Waals surface area contributed by atoms with Crippen LogP contribution in [0.2, 0.25) is 0 Å². The molecule has 1 amide bonds. The molecule has 2 aliphatic rings. The van der Waals surface area contributed by atoms with Gasteiger partial charge >= 0.3 is 0 Å². The Balaban J connectivity index is 2.17. The van der Waals surface area contributed by atoms with Gasteiger partial charge in [-0.25, -0.2) is 0 Å². The van der Waals surface area contributed by atoms with E-state index in [1.807, 2.05) is 32.9 Å². The van der Waals surface area contributed by atoms with E-state index in [0.717, 1.165) is 31.3 Å². The van der Waals surface area contributed by atoms with E-state index in [9.17, 15) is 20.1 Å². The molecule has 1 aliphatic heterocycles. The number of benzene rings is 1. The molecule has 1 saturated carbocycles. The highest BCUT2D eigenvalue weighted by Crippen LogP contribution is 2.41. The van der Waals surface area contributed by atoms with E-state index in [4.69, 9.17) is 0 Å². The molecule has 0 radical (unpaired) electrons. The summed E-state index contributed by atoms with van der Waals surface area (Å²) < 4.78 is 0. The maximum absolute atomic E-state index is 13.6. The van der Waals surface area contributed by atoms with Gasteiger partial charge < -0.3 is 5.32 Å². The first kappa shape index (κ1) is 19.8. The fourth-order valence-corrected chi connectivity index (χ4v) is 4.07. The first-order valence-electron chi connectivity index (χ1n) is 9.92. The molecule has 0 saturated heterocycles. The van der Waals surface area contributed by atoms with Crippen LogP contribution >= 0.6 is 0 Å². The summed E-state index contributed by atoms with van der Waals surface area (Å²) in [5.41, 5.74) is 2.49. The van der Waals surface area contributed by atoms with Gasteiger partial charge in [0, 0.05) is 11.1 Å². The summed E-state index contributed by atoms with van der Waals surface area (Å²) in [7, 11) is 0. The van der Waals surface area contributed by atoms with Crippen LogP contribution in [0.25, 0.3) is 0 Å². The van der Waals surface area contributed by atoms with Crippen molar-refractivity contribution in [3.05, 3.63) is 46.0 Å². The van der Waals surface area contributed by atoms with Crippen molar-refractivity contribution in [3.63, 3.8) is 0 Å². The molecule has 5 nitrogen and oxygen atoms in total. The average molecular weight is 375 g/mol. The second-order valence-corrected chi connectivity index (χ2v) is 8.13. The number of ketones is 1. The van der Waals surface area contributed by atoms with Gasteiger partial charge in [-0.05, 0) is 61.3 Å². The molecule has 0 bridgehead atoms. The highest BCUT2D eigenvalue weighted by Gasteiger charge is 2.41. The van der Waals surface area contributed by atoms with Crippen LogP contribution in [0.3, 0.4) is 0 Å². The van der Waals surface area contributed by atoms with Crippen LogP contribution in [0.5, 0.6) is 0 Å². The van der Waals surface area contributed by atoms with Gasteiger partial charge in [-0.1, -0.05) is 20.8 Å². The van der Waals surface area contributed by atoms with Gasteiger partial charge in [-0.15, -0.1) is 0 Å². The van der Waals surface area contributed by atoms with Gasteiger partial charge in [-0.2, -0.15) is 10.5 Å². The van der Waals surface area contributed by atoms with Crippen molar-refractivity contribution < 1.29 is 9.59 Å². The topological polar surface area (TPSA) is 93.8 Å². The number of nitrogens with zero attached hydrogens (tertiary/aromatic N) is 2. The quantitative estimate of drug-likeness (QED) is 0.763. The Bertz CT molecular complexity index is 894. The van der Waals surface area contributed by atoms with E-state index in [0.29, 0.717) is 17.1 Å². The smallest absolute Gasteiger partial charge is 0.228 e. The lowest BCUT2D eigenvalue weighted by Crippen LogP contribution is -2.48. The third kappa shape index (κ3) is 3.85. The number of hydrogen-bond donors (Lipinski definition) is 1. The van der Waals surface area contributed by atoms with Crippen LogP contribution in [0.15, 0.2) is 29.3 Å². The van der Waals surface area contributed by atoms with Gasteiger partial charge in [0.25, 0.3) is 0 Å². The second-order valence-electron chi connectivity index (χ2n) is 8.13. The number of nitrogens with one attached hydrogen (secondary N) is 1. The zero-order valence-electron chi connectivity index (χ0n) is 16.6. The fraction of sp³-hybridized carbons (Fsp3) is 0.478. The van der Waals surface area contributed by atoms with Gasteiger partial charge in [0.1, 0.15) is 0 Å². The number of carbonyl (C=O) groups is 2. The summed E-state index contributed by atoms with van der Waals surface area (Å²) in [6.45, 7) is 5.91. The van der Waals surface area contributed by atoms with E-state index in [1.165, 1.54) is 18.2 Å². The Morgan fingerprint density at radius 1 is 1.18 bits per heavy atom. The predicted molar refractivity (Wildman–Crippen MR) is 105 cm³/mol. The molecule has 2 unspecified atom stereocenters. The van der Waals surface area contributed by atoms with Crippen molar-refractivity contribution in [2.75, 3.05) is 0 Å². The van der Waals surface area contributed by atoms with Crippen LogP contribution in [0, 0.1) is 40.4 Å². The predicted octanol–water partition coefficient (Wildman–Crippen LogP) is 3.89. The highest BCUT2D eigenvalue weighted by atomic mass is 16.2. The fourth-order valence-electron chi connectivity index (χ4n) is 4.07. The van der Waals surface area contributed by atoms with Gasteiger partial charge in [0.2, 0.25) is 5.91 Å². The monoisotopic (exact) mass is 375 g/mol. The SMILES string of the molecule is CCC1NC(=O)C(C(C)C)C(C(=O)c2cc(C#N)cc(C#N)c2)=C1CC1CC1. The molecule has 3 rings (SSSR count). The van der Waals surface area contributed by atoms with E-state index in [-0.39, 0.29) is 34.8 Å². The molecular weight excluding hydrogens is 350 g/mol. The van der Waals surface area contributed by atoms with Crippen LogP contribution in [-0.4, -0.2) is 17.7 Å². The number of hydrogen-bond acceptors (Lipinski definition) is 4. The summed E-state index contributed by atoms with van der Waals surface area (Å²) in [5.74, 6) is -0.298. The maximum Gasteiger partial charge on any atom is 0.228 e. The van der Waals surface area contributed by atoms with Crippen molar-refractivity contribution in [1.82, 2.24) is 5.32 Å². The molecule has 1 aromatic rings. The summed E-state index contributed by atoms with van der Waals surface area (Å²) in [5, 5.41) is 21.6. The Hall–Kier alpha value is -2.92. The molecular formula is C23H25N3O2. The molecule has 1 aromatic carbocycles. The molecule has 5 heteroatoms. The third-order valence-electron chi connectivity index (χ3n) is 5.65. The lowest BCUT2D eigenvalue weighted by Gasteiger charge is -2.35. The molecule has 1 aliphatic carbocycles. The van der Waals surface area contributed by atoms with E-state index >= 15 is 0 Å². The van der Waals surface area contributed by atoms with Crippen molar-refractivity contribution >= 4 is 11.7 Å². The lowest BCUT2D eigenvalue weighted by atomic mass is 9.74. The molecule has 1 fully saturated rings. The highest BCUT2D eigenvalue weighted by molar-refractivity contribution is 6.13. The summed E-state index contributed by atoms with van der Waals surface area (Å²) in [4.78, 5) is 26.5. The summed E-state index contributed by atoms with van der Waals surface area (Å²) in [6.07, 6.45) is 3.87. The summed E-state index contributed by atoms with van der Waals surface area (Å²) >= 11 is 0. The van der Waals surface area contributed by atoms with Crippen LogP contribution < -0.4 is 5.32 Å². The summed E-state index contributed by atoms with van der Waals surface area (Å²) in [6, 6.07) is 8.42. The Labute approximate surface area is 166 Å². The zero-order chi connectivity index (χ0) is 20.4. The number of rotatable bonds is 6. The average Bonchev–Trinajstić information content (AvgIpc) is 3.51. The normalized spacial score (nSPS) is 21.9. The standard InChI is InChI=1S/C23H25N3O2/c1-4-19-18(10-14-5-6-14)21(20(13(2)3)23(28)26-19)22(27)17-8-15(11-24)7-16(9-17)12-25/h7-9,13-14,19-20H,4-6,10H2,1-3H3,(H,26,28). The molecule has 0 spiro atoms.